The molecule has 0 saturated carbocycles. The first kappa shape index (κ1) is 28.9. The quantitative estimate of drug-likeness (QED) is 0.151. The van der Waals surface area contributed by atoms with E-state index in [0.717, 1.165) is 36.4 Å². The lowest BCUT2D eigenvalue weighted by atomic mass is 10.1. The maximum atomic E-state index is 13.3. The van der Waals surface area contributed by atoms with Crippen molar-refractivity contribution < 1.29 is 19.1 Å². The number of hydrogen-bond donors (Lipinski definition) is 4. The number of rotatable bonds is 10. The van der Waals surface area contributed by atoms with Crippen LogP contribution in [0.4, 0.5) is 26.9 Å². The van der Waals surface area contributed by atoms with Gasteiger partial charge in [-0.3, -0.25) is 15.6 Å². The van der Waals surface area contributed by atoms with Crippen LogP contribution in [0.1, 0.15) is 25.5 Å². The number of benzene rings is 2. The van der Waals surface area contributed by atoms with Gasteiger partial charge in [0.2, 0.25) is 0 Å². The van der Waals surface area contributed by atoms with Crippen LogP contribution in [-0.4, -0.2) is 46.0 Å². The van der Waals surface area contributed by atoms with Crippen LogP contribution >= 0.6 is 0 Å². The minimum Gasteiger partial charge on any atom is -0.497 e. The smallest absolute Gasteiger partial charge is 0.324 e. The first-order chi connectivity index (χ1) is 21.0. The Balaban J connectivity index is 1.37. The summed E-state index contributed by atoms with van der Waals surface area (Å²) in [5.74, 6) is 2.52. The van der Waals surface area contributed by atoms with Gasteiger partial charge in [-0.2, -0.15) is 5.10 Å². The van der Waals surface area contributed by atoms with E-state index in [4.69, 9.17) is 14.6 Å². The summed E-state index contributed by atoms with van der Waals surface area (Å²) in [6.45, 7) is 2.13. The third-order valence-corrected chi connectivity index (χ3v) is 6.51. The Morgan fingerprint density at radius 2 is 1.72 bits per heavy atom. The third-order valence-electron chi connectivity index (χ3n) is 6.51. The molecule has 0 spiro atoms. The Hall–Kier alpha value is -5.65. The van der Waals surface area contributed by atoms with Crippen LogP contribution < -0.4 is 30.7 Å². The normalized spacial score (nSPS) is 10.7. The number of carbonyl (C=O) groups is 2. The van der Waals surface area contributed by atoms with Gasteiger partial charge < -0.3 is 20.1 Å². The predicted octanol–water partition coefficient (Wildman–Crippen LogP) is 6.35. The lowest BCUT2D eigenvalue weighted by Crippen LogP contribution is -2.24. The Kier molecular flexibility index (Phi) is 8.96. The summed E-state index contributed by atoms with van der Waals surface area (Å²) >= 11 is 0. The number of methoxy groups -OCH3 is 1. The van der Waals surface area contributed by atoms with Crippen molar-refractivity contribution in [3.63, 3.8) is 0 Å². The highest BCUT2D eigenvalue weighted by Crippen LogP contribution is 2.33. The fraction of sp³-hybridized carbons (Fsp3) is 0.194. The van der Waals surface area contributed by atoms with Crippen LogP contribution in [0.5, 0.6) is 17.2 Å². The molecule has 5 aromatic rings. The fourth-order valence-electron chi connectivity index (χ4n) is 4.38. The number of carbonyl (C=O) groups excluding carboxylic acids is 2. The zero-order valence-corrected chi connectivity index (χ0v) is 24.0. The average molecular weight is 581 g/mol. The Bertz CT molecular complexity index is 1740. The molecule has 0 bridgehead atoms. The SMILES string of the molecule is CCCCc1cc(NC(=O)Nc2ccc(Oc3ccnc(NC(=O)NC)c3)c3ncccc23)n(-c2ccc(OC)cc2)n1. The summed E-state index contributed by atoms with van der Waals surface area (Å²) in [5.41, 5.74) is 2.77. The number of anilines is 3. The number of fused-ring (bicyclic) bond motifs is 1. The Morgan fingerprint density at radius 1 is 0.884 bits per heavy atom. The summed E-state index contributed by atoms with van der Waals surface area (Å²) in [6, 6.07) is 18.9. The van der Waals surface area contributed by atoms with Gasteiger partial charge in [-0.25, -0.2) is 19.3 Å². The molecule has 0 atom stereocenters. The molecule has 0 saturated heterocycles. The molecule has 5 rings (SSSR count). The third kappa shape index (κ3) is 6.99. The first-order valence-corrected chi connectivity index (χ1v) is 13.8. The van der Waals surface area contributed by atoms with Crippen molar-refractivity contribution in [1.82, 2.24) is 25.1 Å². The second kappa shape index (κ2) is 13.3. The average Bonchev–Trinajstić information content (AvgIpc) is 3.43. The van der Waals surface area contributed by atoms with Crippen molar-refractivity contribution in [2.45, 2.75) is 26.2 Å². The van der Waals surface area contributed by atoms with Crippen LogP contribution in [0.15, 0.2) is 79.1 Å². The van der Waals surface area contributed by atoms with Crippen molar-refractivity contribution in [2.24, 2.45) is 0 Å². The van der Waals surface area contributed by atoms with Crippen molar-refractivity contribution >= 4 is 40.3 Å². The van der Waals surface area contributed by atoms with Gasteiger partial charge in [0.1, 0.15) is 28.7 Å². The maximum absolute atomic E-state index is 13.3. The molecule has 220 valence electrons. The van der Waals surface area contributed by atoms with Crippen LogP contribution in [0.25, 0.3) is 16.6 Å². The van der Waals surface area contributed by atoms with E-state index in [1.807, 2.05) is 36.4 Å². The molecule has 12 heteroatoms. The number of nitrogens with zero attached hydrogens (tertiary/aromatic N) is 4. The lowest BCUT2D eigenvalue weighted by Gasteiger charge is -2.14. The van der Waals surface area contributed by atoms with Crippen LogP contribution in [0.2, 0.25) is 0 Å². The molecule has 0 radical (unpaired) electrons. The topological polar surface area (TPSA) is 144 Å². The number of aromatic nitrogens is 4. The lowest BCUT2D eigenvalue weighted by molar-refractivity contribution is 0.254. The number of hydrogen-bond acceptors (Lipinski definition) is 7. The van der Waals surface area contributed by atoms with E-state index in [1.54, 1.807) is 48.3 Å². The second-order valence-corrected chi connectivity index (χ2v) is 9.51. The van der Waals surface area contributed by atoms with Gasteiger partial charge in [0.05, 0.1) is 24.2 Å². The minimum atomic E-state index is -0.436. The van der Waals surface area contributed by atoms with Gasteiger partial charge in [-0.05, 0) is 67.4 Å². The predicted molar refractivity (Wildman–Crippen MR) is 166 cm³/mol. The molecule has 0 fully saturated rings. The maximum Gasteiger partial charge on any atom is 0.324 e. The summed E-state index contributed by atoms with van der Waals surface area (Å²) < 4.78 is 13.1. The van der Waals surface area contributed by atoms with Gasteiger partial charge in [-0.15, -0.1) is 0 Å². The second-order valence-electron chi connectivity index (χ2n) is 9.51. The molecule has 0 aliphatic carbocycles. The number of ether oxygens (including phenoxy) is 2. The molecule has 43 heavy (non-hydrogen) atoms. The zero-order chi connectivity index (χ0) is 30.2. The standard InChI is InChI=1S/C31H32N8O4/c1-4-5-7-20-18-28(39(38-20)21-9-11-22(42-3)12-10-21)37-31(41)35-25-13-14-26(29-24(25)8-6-16-34-29)43-23-15-17-33-27(19-23)36-30(40)32-2/h6,8-19H,4-5,7H2,1-3H3,(H2,35,37,41)(H2,32,33,36,40). The fourth-order valence-corrected chi connectivity index (χ4v) is 4.38. The zero-order valence-electron chi connectivity index (χ0n) is 24.0. The molecule has 3 heterocycles. The molecule has 0 aliphatic rings. The highest BCUT2D eigenvalue weighted by molar-refractivity contribution is 6.06. The molecular formula is C31H32N8O4. The van der Waals surface area contributed by atoms with E-state index in [0.29, 0.717) is 39.7 Å². The molecule has 0 unspecified atom stereocenters. The molecule has 4 amide bonds. The van der Waals surface area contributed by atoms with Crippen molar-refractivity contribution in [3.05, 3.63) is 84.8 Å². The molecule has 2 aromatic carbocycles. The monoisotopic (exact) mass is 580 g/mol. The van der Waals surface area contributed by atoms with Crippen molar-refractivity contribution in [1.29, 1.82) is 0 Å². The van der Waals surface area contributed by atoms with Crippen LogP contribution in [0, 0.1) is 0 Å². The highest BCUT2D eigenvalue weighted by atomic mass is 16.5. The van der Waals surface area contributed by atoms with Crippen LogP contribution in [0.3, 0.4) is 0 Å². The summed E-state index contributed by atoms with van der Waals surface area (Å²) in [5, 5.41) is 16.4. The number of urea groups is 2. The van der Waals surface area contributed by atoms with Gasteiger partial charge in [0, 0.05) is 37.0 Å². The largest absolute Gasteiger partial charge is 0.497 e. The van der Waals surface area contributed by atoms with E-state index < -0.39 is 12.1 Å². The minimum absolute atomic E-state index is 0.329. The summed E-state index contributed by atoms with van der Waals surface area (Å²) in [4.78, 5) is 33.6. The number of pyridine rings is 2. The van der Waals surface area contributed by atoms with Crippen molar-refractivity contribution in [3.8, 4) is 22.9 Å². The van der Waals surface area contributed by atoms with Gasteiger partial charge >= 0.3 is 12.1 Å². The van der Waals surface area contributed by atoms with Gasteiger partial charge in [-0.1, -0.05) is 13.3 Å². The van der Waals surface area contributed by atoms with E-state index in [-0.39, 0.29) is 0 Å². The molecule has 3 aromatic heterocycles. The molecule has 0 aliphatic heterocycles. The summed E-state index contributed by atoms with van der Waals surface area (Å²) in [6.07, 6.45) is 6.00. The summed E-state index contributed by atoms with van der Waals surface area (Å²) in [7, 11) is 3.13. The van der Waals surface area contributed by atoms with Crippen LogP contribution in [-0.2, 0) is 6.42 Å². The van der Waals surface area contributed by atoms with E-state index >= 15 is 0 Å². The number of unbranched alkanes of at least 4 members (excludes halogenated alkanes) is 1. The number of amides is 4. The molecule has 4 N–H and O–H groups in total. The Labute approximate surface area is 248 Å². The van der Waals surface area contributed by atoms with Crippen molar-refractivity contribution in [2.75, 3.05) is 30.1 Å². The van der Waals surface area contributed by atoms with E-state index in [1.165, 1.54) is 13.2 Å². The van der Waals surface area contributed by atoms with E-state index in [9.17, 15) is 9.59 Å². The van der Waals surface area contributed by atoms with Gasteiger partial charge in [0.15, 0.2) is 5.75 Å². The number of nitrogens with one attached hydrogen (secondary N) is 4. The van der Waals surface area contributed by atoms with Gasteiger partial charge in [0.25, 0.3) is 0 Å². The van der Waals surface area contributed by atoms with E-state index in [2.05, 4.69) is 38.2 Å². The molecule has 12 nitrogen and oxygen atoms in total. The highest BCUT2D eigenvalue weighted by Gasteiger charge is 2.16. The first-order valence-electron chi connectivity index (χ1n) is 13.8. The molecular weight excluding hydrogens is 548 g/mol. The number of aryl methyl sites for hydroxylation is 1. The Morgan fingerprint density at radius 3 is 2.49 bits per heavy atom.